The van der Waals surface area contributed by atoms with Gasteiger partial charge in [0.2, 0.25) is 0 Å². The van der Waals surface area contributed by atoms with Gasteiger partial charge in [0.25, 0.3) is 0 Å². The second-order valence-corrected chi connectivity index (χ2v) is 3.41. The molecule has 1 N–H and O–H groups in total. The SMILES string of the molecule is CCC(C(=O)O)c1cccc2nccn12. The molecule has 0 bridgehead atoms. The molecule has 0 amide bonds. The number of nitrogens with zero attached hydrogens (tertiary/aromatic N) is 2. The molecule has 0 aromatic carbocycles. The second kappa shape index (κ2) is 3.73. The van der Waals surface area contributed by atoms with Crippen LogP contribution in [0.1, 0.15) is 25.0 Å². The molecule has 0 spiro atoms. The fourth-order valence-corrected chi connectivity index (χ4v) is 1.76. The highest BCUT2D eigenvalue weighted by atomic mass is 16.4. The van der Waals surface area contributed by atoms with Crippen molar-refractivity contribution < 1.29 is 9.90 Å². The van der Waals surface area contributed by atoms with Crippen LogP contribution in [0.4, 0.5) is 0 Å². The summed E-state index contributed by atoms with van der Waals surface area (Å²) in [5.41, 5.74) is 1.56. The quantitative estimate of drug-likeness (QED) is 0.830. The van der Waals surface area contributed by atoms with Crippen molar-refractivity contribution in [2.45, 2.75) is 19.3 Å². The number of pyridine rings is 1. The molecular weight excluding hydrogens is 192 g/mol. The van der Waals surface area contributed by atoms with Gasteiger partial charge in [-0.05, 0) is 18.6 Å². The Hall–Kier alpha value is -1.84. The molecular formula is C11H12N2O2. The maximum atomic E-state index is 11.1. The number of fused-ring (bicyclic) bond motifs is 1. The smallest absolute Gasteiger partial charge is 0.312 e. The molecule has 4 nitrogen and oxygen atoms in total. The summed E-state index contributed by atoms with van der Waals surface area (Å²) in [6.45, 7) is 1.87. The topological polar surface area (TPSA) is 54.6 Å². The van der Waals surface area contributed by atoms with E-state index >= 15 is 0 Å². The van der Waals surface area contributed by atoms with Crippen molar-refractivity contribution in [2.75, 3.05) is 0 Å². The van der Waals surface area contributed by atoms with Gasteiger partial charge in [0.1, 0.15) is 5.65 Å². The normalized spacial score (nSPS) is 12.9. The molecule has 0 fully saturated rings. The van der Waals surface area contributed by atoms with Crippen LogP contribution in [-0.2, 0) is 4.79 Å². The van der Waals surface area contributed by atoms with E-state index in [0.717, 1.165) is 11.3 Å². The Balaban J connectivity index is 2.59. The van der Waals surface area contributed by atoms with E-state index in [0.29, 0.717) is 6.42 Å². The summed E-state index contributed by atoms with van der Waals surface area (Å²) in [5, 5.41) is 9.09. The van der Waals surface area contributed by atoms with E-state index in [4.69, 9.17) is 5.11 Å². The largest absolute Gasteiger partial charge is 0.481 e. The summed E-state index contributed by atoms with van der Waals surface area (Å²) in [6, 6.07) is 5.53. The Morgan fingerprint density at radius 3 is 3.07 bits per heavy atom. The van der Waals surface area contributed by atoms with Gasteiger partial charge in [-0.25, -0.2) is 4.98 Å². The van der Waals surface area contributed by atoms with Gasteiger partial charge in [-0.15, -0.1) is 0 Å². The number of aliphatic carboxylic acids is 1. The highest BCUT2D eigenvalue weighted by Gasteiger charge is 2.19. The van der Waals surface area contributed by atoms with Crippen molar-refractivity contribution in [3.8, 4) is 0 Å². The Bertz CT molecular complexity index is 490. The summed E-state index contributed by atoms with van der Waals surface area (Å²) < 4.78 is 1.82. The van der Waals surface area contributed by atoms with E-state index in [2.05, 4.69) is 4.98 Å². The number of rotatable bonds is 3. The molecule has 2 aromatic heterocycles. The lowest BCUT2D eigenvalue weighted by molar-refractivity contribution is -0.139. The number of hydrogen-bond donors (Lipinski definition) is 1. The van der Waals surface area contributed by atoms with Gasteiger partial charge < -0.3 is 9.51 Å². The minimum atomic E-state index is -0.793. The Labute approximate surface area is 87.2 Å². The van der Waals surface area contributed by atoms with E-state index < -0.39 is 11.9 Å². The molecule has 0 aliphatic carbocycles. The Morgan fingerprint density at radius 2 is 2.40 bits per heavy atom. The number of carboxylic acid groups (broad SMARTS) is 1. The summed E-state index contributed by atoms with van der Waals surface area (Å²) in [6.07, 6.45) is 4.04. The van der Waals surface area contributed by atoms with E-state index in [1.54, 1.807) is 12.4 Å². The molecule has 2 aromatic rings. The van der Waals surface area contributed by atoms with E-state index in [9.17, 15) is 4.79 Å². The summed E-state index contributed by atoms with van der Waals surface area (Å²) in [7, 11) is 0. The third-order valence-electron chi connectivity index (χ3n) is 2.52. The molecule has 4 heteroatoms. The number of carboxylic acids is 1. The predicted molar refractivity (Wildman–Crippen MR) is 55.9 cm³/mol. The highest BCUT2D eigenvalue weighted by molar-refractivity contribution is 5.75. The standard InChI is InChI=1S/C11H12N2O2/c1-2-8(11(14)15)9-4-3-5-10-12-6-7-13(9)10/h3-8H,2H2,1H3,(H,14,15). The Kier molecular flexibility index (Phi) is 2.41. The van der Waals surface area contributed by atoms with Crippen molar-refractivity contribution in [2.24, 2.45) is 0 Å². The van der Waals surface area contributed by atoms with Crippen LogP contribution >= 0.6 is 0 Å². The van der Waals surface area contributed by atoms with Gasteiger partial charge in [-0.1, -0.05) is 13.0 Å². The lowest BCUT2D eigenvalue weighted by Gasteiger charge is -2.12. The average Bonchev–Trinajstić information content (AvgIpc) is 2.66. The van der Waals surface area contributed by atoms with Crippen LogP contribution in [0.5, 0.6) is 0 Å². The van der Waals surface area contributed by atoms with Crippen molar-refractivity contribution >= 4 is 11.6 Å². The second-order valence-electron chi connectivity index (χ2n) is 3.41. The van der Waals surface area contributed by atoms with Crippen LogP contribution in [0.2, 0.25) is 0 Å². The fourth-order valence-electron chi connectivity index (χ4n) is 1.76. The lowest BCUT2D eigenvalue weighted by Crippen LogP contribution is -2.13. The summed E-state index contributed by atoms with van der Waals surface area (Å²) in [4.78, 5) is 15.2. The van der Waals surface area contributed by atoms with Gasteiger partial charge in [-0.3, -0.25) is 4.79 Å². The first-order valence-electron chi connectivity index (χ1n) is 4.89. The number of hydrogen-bond acceptors (Lipinski definition) is 2. The van der Waals surface area contributed by atoms with Crippen LogP contribution in [0.25, 0.3) is 5.65 Å². The van der Waals surface area contributed by atoms with Gasteiger partial charge >= 0.3 is 5.97 Å². The maximum absolute atomic E-state index is 11.1. The van der Waals surface area contributed by atoms with Crippen LogP contribution in [0.3, 0.4) is 0 Å². The van der Waals surface area contributed by atoms with E-state index in [-0.39, 0.29) is 0 Å². The summed E-state index contributed by atoms with van der Waals surface area (Å²) in [5.74, 6) is -1.26. The minimum absolute atomic E-state index is 0.470. The highest BCUT2D eigenvalue weighted by Crippen LogP contribution is 2.20. The molecule has 1 unspecified atom stereocenters. The van der Waals surface area contributed by atoms with Crippen molar-refractivity contribution in [3.05, 3.63) is 36.3 Å². The number of carbonyl (C=O) groups is 1. The molecule has 2 rings (SSSR count). The zero-order valence-electron chi connectivity index (χ0n) is 8.42. The van der Waals surface area contributed by atoms with Gasteiger partial charge in [-0.2, -0.15) is 0 Å². The van der Waals surface area contributed by atoms with Gasteiger partial charge in [0.15, 0.2) is 0 Å². The molecule has 1 atom stereocenters. The molecule has 0 saturated heterocycles. The van der Waals surface area contributed by atoms with E-state index in [1.165, 1.54) is 0 Å². The third-order valence-corrected chi connectivity index (χ3v) is 2.52. The van der Waals surface area contributed by atoms with Crippen LogP contribution in [0.15, 0.2) is 30.6 Å². The van der Waals surface area contributed by atoms with Crippen LogP contribution in [0, 0.1) is 0 Å². The first kappa shape index (κ1) is 9.71. The first-order valence-corrected chi connectivity index (χ1v) is 4.89. The van der Waals surface area contributed by atoms with Crippen molar-refractivity contribution in [3.63, 3.8) is 0 Å². The van der Waals surface area contributed by atoms with E-state index in [1.807, 2.05) is 29.5 Å². The van der Waals surface area contributed by atoms with Gasteiger partial charge in [0.05, 0.1) is 5.92 Å². The molecule has 78 valence electrons. The monoisotopic (exact) mass is 204 g/mol. The minimum Gasteiger partial charge on any atom is -0.481 e. The fraction of sp³-hybridized carbons (Fsp3) is 0.273. The van der Waals surface area contributed by atoms with Crippen LogP contribution in [-0.4, -0.2) is 20.5 Å². The van der Waals surface area contributed by atoms with Crippen molar-refractivity contribution in [1.82, 2.24) is 9.38 Å². The predicted octanol–water partition coefficient (Wildman–Crippen LogP) is 1.91. The molecule has 0 aliphatic rings. The van der Waals surface area contributed by atoms with Crippen LogP contribution < -0.4 is 0 Å². The van der Waals surface area contributed by atoms with Crippen molar-refractivity contribution in [1.29, 1.82) is 0 Å². The molecule has 0 radical (unpaired) electrons. The lowest BCUT2D eigenvalue weighted by atomic mass is 10.0. The molecule has 2 heterocycles. The Morgan fingerprint density at radius 1 is 1.60 bits per heavy atom. The zero-order chi connectivity index (χ0) is 10.8. The summed E-state index contributed by atoms with van der Waals surface area (Å²) >= 11 is 0. The third kappa shape index (κ3) is 1.58. The maximum Gasteiger partial charge on any atom is 0.312 e. The zero-order valence-corrected chi connectivity index (χ0v) is 8.42. The number of imidazole rings is 1. The molecule has 0 saturated carbocycles. The first-order chi connectivity index (χ1) is 7.24. The number of aromatic nitrogens is 2. The average molecular weight is 204 g/mol. The molecule has 15 heavy (non-hydrogen) atoms. The van der Waals surface area contributed by atoms with Gasteiger partial charge in [0, 0.05) is 18.1 Å². The molecule has 0 aliphatic heterocycles.